The van der Waals surface area contributed by atoms with E-state index in [-0.39, 0.29) is 5.75 Å². The first kappa shape index (κ1) is 19.5. The van der Waals surface area contributed by atoms with Gasteiger partial charge in [-0.25, -0.2) is 0 Å². The van der Waals surface area contributed by atoms with Crippen molar-refractivity contribution in [2.75, 3.05) is 14.2 Å². The van der Waals surface area contributed by atoms with E-state index in [1.807, 2.05) is 37.3 Å². The smallest absolute Gasteiger partial charge is 0.387 e. The monoisotopic (exact) mass is 363 g/mol. The highest BCUT2D eigenvalue weighted by Gasteiger charge is 2.10. The van der Waals surface area contributed by atoms with Crippen molar-refractivity contribution in [2.24, 2.45) is 4.99 Å². The van der Waals surface area contributed by atoms with Gasteiger partial charge < -0.3 is 20.1 Å². The van der Waals surface area contributed by atoms with Gasteiger partial charge in [0.25, 0.3) is 0 Å². The number of benzene rings is 2. The van der Waals surface area contributed by atoms with Crippen LogP contribution in [-0.4, -0.2) is 26.7 Å². The lowest BCUT2D eigenvalue weighted by atomic mass is 10.1. The molecule has 0 bridgehead atoms. The summed E-state index contributed by atoms with van der Waals surface area (Å²) in [6.07, 6.45) is 0. The zero-order valence-corrected chi connectivity index (χ0v) is 15.1. The standard InChI is InChI=1S/C19H23F2N3O2/c1-13-4-9-17(26-18(20)21)15(10-13)12-24-19(22-2)23-11-14-5-7-16(25-3)8-6-14/h4-10,18H,11-12H2,1-3H3,(H2,22,23,24). The Kier molecular flexibility index (Phi) is 7.20. The molecule has 0 unspecified atom stereocenters. The normalized spacial score (nSPS) is 11.4. The van der Waals surface area contributed by atoms with Crippen LogP contribution in [0.15, 0.2) is 47.5 Å². The van der Waals surface area contributed by atoms with Crippen molar-refractivity contribution in [2.45, 2.75) is 26.6 Å². The highest BCUT2D eigenvalue weighted by Crippen LogP contribution is 2.22. The summed E-state index contributed by atoms with van der Waals surface area (Å²) in [6, 6.07) is 12.8. The zero-order valence-electron chi connectivity index (χ0n) is 15.1. The predicted octanol–water partition coefficient (Wildman–Crippen LogP) is 3.47. The SMILES string of the molecule is CN=C(NCc1ccc(OC)cc1)NCc1cc(C)ccc1OC(F)F. The van der Waals surface area contributed by atoms with E-state index in [0.717, 1.165) is 16.9 Å². The Morgan fingerprint density at radius 3 is 2.38 bits per heavy atom. The maximum absolute atomic E-state index is 12.5. The van der Waals surface area contributed by atoms with E-state index in [2.05, 4.69) is 20.4 Å². The Morgan fingerprint density at radius 1 is 1.08 bits per heavy atom. The number of hydrogen-bond acceptors (Lipinski definition) is 3. The van der Waals surface area contributed by atoms with Crippen molar-refractivity contribution < 1.29 is 18.3 Å². The van der Waals surface area contributed by atoms with E-state index in [1.165, 1.54) is 0 Å². The molecule has 0 spiro atoms. The van der Waals surface area contributed by atoms with Crippen LogP contribution in [0.1, 0.15) is 16.7 Å². The summed E-state index contributed by atoms with van der Waals surface area (Å²) in [4.78, 5) is 4.15. The molecule has 2 aromatic carbocycles. The van der Waals surface area contributed by atoms with Crippen molar-refractivity contribution in [3.05, 3.63) is 59.2 Å². The fourth-order valence-corrected chi connectivity index (χ4v) is 2.39. The number of alkyl halides is 2. The molecule has 0 aromatic heterocycles. The van der Waals surface area contributed by atoms with Crippen LogP contribution in [0.3, 0.4) is 0 Å². The quantitative estimate of drug-likeness (QED) is 0.584. The number of nitrogens with one attached hydrogen (secondary N) is 2. The summed E-state index contributed by atoms with van der Waals surface area (Å²) in [7, 11) is 3.27. The second-order valence-electron chi connectivity index (χ2n) is 5.62. The van der Waals surface area contributed by atoms with Gasteiger partial charge in [-0.2, -0.15) is 8.78 Å². The highest BCUT2D eigenvalue weighted by atomic mass is 19.3. The van der Waals surface area contributed by atoms with Crippen molar-refractivity contribution in [1.29, 1.82) is 0 Å². The van der Waals surface area contributed by atoms with Gasteiger partial charge in [0.05, 0.1) is 7.11 Å². The number of guanidine groups is 1. The number of methoxy groups -OCH3 is 1. The maximum atomic E-state index is 12.5. The van der Waals surface area contributed by atoms with Crippen LogP contribution < -0.4 is 20.1 Å². The first-order valence-electron chi connectivity index (χ1n) is 8.13. The molecular weight excluding hydrogens is 340 g/mol. The Bertz CT molecular complexity index is 734. The van der Waals surface area contributed by atoms with Gasteiger partial charge in [0.2, 0.25) is 0 Å². The van der Waals surface area contributed by atoms with Crippen LogP contribution in [-0.2, 0) is 13.1 Å². The first-order chi connectivity index (χ1) is 12.5. The van der Waals surface area contributed by atoms with E-state index in [1.54, 1.807) is 26.3 Å². The average Bonchev–Trinajstić information content (AvgIpc) is 2.64. The number of hydrogen-bond donors (Lipinski definition) is 2. The summed E-state index contributed by atoms with van der Waals surface area (Å²) < 4.78 is 34.8. The lowest BCUT2D eigenvalue weighted by Gasteiger charge is -2.15. The number of nitrogens with zero attached hydrogens (tertiary/aromatic N) is 1. The molecule has 26 heavy (non-hydrogen) atoms. The molecule has 0 heterocycles. The lowest BCUT2D eigenvalue weighted by molar-refractivity contribution is -0.0504. The molecule has 5 nitrogen and oxygen atoms in total. The van der Waals surface area contributed by atoms with Crippen LogP contribution in [0.4, 0.5) is 8.78 Å². The average molecular weight is 363 g/mol. The summed E-state index contributed by atoms with van der Waals surface area (Å²) in [5.74, 6) is 1.51. The minimum atomic E-state index is -2.86. The van der Waals surface area contributed by atoms with E-state index < -0.39 is 6.61 Å². The summed E-state index contributed by atoms with van der Waals surface area (Å²) in [6.45, 7) is -0.0833. The minimum Gasteiger partial charge on any atom is -0.497 e. The van der Waals surface area contributed by atoms with Gasteiger partial charge in [0.1, 0.15) is 11.5 Å². The third-order valence-electron chi connectivity index (χ3n) is 3.72. The molecule has 2 rings (SSSR count). The van der Waals surface area contributed by atoms with Gasteiger partial charge in [0.15, 0.2) is 5.96 Å². The second kappa shape index (κ2) is 9.60. The van der Waals surface area contributed by atoms with Gasteiger partial charge >= 0.3 is 6.61 Å². The molecule has 140 valence electrons. The maximum Gasteiger partial charge on any atom is 0.387 e. The third-order valence-corrected chi connectivity index (χ3v) is 3.72. The molecular formula is C19H23F2N3O2. The molecule has 0 aliphatic heterocycles. The predicted molar refractivity (Wildman–Crippen MR) is 97.8 cm³/mol. The van der Waals surface area contributed by atoms with Crippen LogP contribution in [0.2, 0.25) is 0 Å². The first-order valence-corrected chi connectivity index (χ1v) is 8.13. The molecule has 0 saturated carbocycles. The van der Waals surface area contributed by atoms with Crippen LogP contribution >= 0.6 is 0 Å². The van der Waals surface area contributed by atoms with E-state index in [9.17, 15) is 8.78 Å². The third kappa shape index (κ3) is 5.91. The van der Waals surface area contributed by atoms with E-state index in [4.69, 9.17) is 4.74 Å². The fourth-order valence-electron chi connectivity index (χ4n) is 2.39. The number of rotatable bonds is 7. The highest BCUT2D eigenvalue weighted by molar-refractivity contribution is 5.79. The Labute approximate surface area is 152 Å². The van der Waals surface area contributed by atoms with Gasteiger partial charge in [-0.15, -0.1) is 0 Å². The van der Waals surface area contributed by atoms with Crippen molar-refractivity contribution in [1.82, 2.24) is 10.6 Å². The molecule has 2 N–H and O–H groups in total. The van der Waals surface area contributed by atoms with Gasteiger partial charge in [-0.05, 0) is 30.7 Å². The number of aryl methyl sites for hydroxylation is 1. The molecule has 0 fully saturated rings. The Balaban J connectivity index is 1.95. The van der Waals surface area contributed by atoms with Gasteiger partial charge in [-0.3, -0.25) is 4.99 Å². The van der Waals surface area contributed by atoms with Crippen LogP contribution in [0, 0.1) is 6.92 Å². The zero-order chi connectivity index (χ0) is 18.9. The molecule has 0 radical (unpaired) electrons. The van der Waals surface area contributed by atoms with Crippen molar-refractivity contribution in [3.8, 4) is 11.5 Å². The molecule has 0 aliphatic carbocycles. The molecule has 0 atom stereocenters. The summed E-state index contributed by atoms with van der Waals surface area (Å²) >= 11 is 0. The van der Waals surface area contributed by atoms with Crippen LogP contribution in [0.5, 0.6) is 11.5 Å². The molecule has 7 heteroatoms. The lowest BCUT2D eigenvalue weighted by Crippen LogP contribution is -2.36. The Morgan fingerprint density at radius 2 is 1.77 bits per heavy atom. The van der Waals surface area contributed by atoms with E-state index >= 15 is 0 Å². The fraction of sp³-hybridized carbons (Fsp3) is 0.316. The number of aliphatic imine (C=N–C) groups is 1. The largest absolute Gasteiger partial charge is 0.497 e. The van der Waals surface area contributed by atoms with Crippen molar-refractivity contribution >= 4 is 5.96 Å². The van der Waals surface area contributed by atoms with Gasteiger partial charge in [0, 0.05) is 25.7 Å². The summed E-state index contributed by atoms with van der Waals surface area (Å²) in [5, 5.41) is 6.29. The molecule has 0 saturated heterocycles. The number of halogens is 2. The molecule has 0 aliphatic rings. The molecule has 0 amide bonds. The topological polar surface area (TPSA) is 54.9 Å². The number of ether oxygens (including phenoxy) is 2. The molecule has 2 aromatic rings. The van der Waals surface area contributed by atoms with Crippen LogP contribution in [0.25, 0.3) is 0 Å². The van der Waals surface area contributed by atoms with E-state index in [0.29, 0.717) is 24.6 Å². The van der Waals surface area contributed by atoms with Gasteiger partial charge in [-0.1, -0.05) is 29.8 Å². The van der Waals surface area contributed by atoms with Crippen molar-refractivity contribution in [3.63, 3.8) is 0 Å². The second-order valence-corrected chi connectivity index (χ2v) is 5.62. The Hall–Kier alpha value is -2.83. The summed E-state index contributed by atoms with van der Waals surface area (Å²) in [5.41, 5.74) is 2.66. The minimum absolute atomic E-state index is 0.156.